The second-order valence-electron chi connectivity index (χ2n) is 3.89. The Kier molecular flexibility index (Phi) is 4.10. The topological polar surface area (TPSA) is 37.8 Å². The third-order valence-electron chi connectivity index (χ3n) is 2.35. The molecule has 2 aromatic rings. The number of hydrogen-bond donors (Lipinski definition) is 1. The van der Waals surface area contributed by atoms with Gasteiger partial charge in [-0.3, -0.25) is 0 Å². The minimum atomic E-state index is -0.278. The first kappa shape index (κ1) is 12.8. The van der Waals surface area contributed by atoms with Crippen molar-refractivity contribution in [1.82, 2.24) is 9.97 Å². The van der Waals surface area contributed by atoms with Crippen LogP contribution in [0, 0.1) is 5.82 Å². The summed E-state index contributed by atoms with van der Waals surface area (Å²) in [5.74, 6) is 0.150. The molecule has 0 bridgehead atoms. The van der Waals surface area contributed by atoms with Gasteiger partial charge in [0.1, 0.15) is 11.0 Å². The van der Waals surface area contributed by atoms with E-state index in [1.807, 2.05) is 0 Å². The van der Waals surface area contributed by atoms with Gasteiger partial charge in [0, 0.05) is 11.4 Å². The maximum Gasteiger partial charge on any atom is 0.228 e. The summed E-state index contributed by atoms with van der Waals surface area (Å²) in [6, 6.07) is 7.75. The van der Waals surface area contributed by atoms with Gasteiger partial charge in [-0.15, -0.1) is 0 Å². The minimum Gasteiger partial charge on any atom is -0.324 e. The molecule has 5 heteroatoms. The normalized spacial score (nSPS) is 10.4. The summed E-state index contributed by atoms with van der Waals surface area (Å²) in [6.45, 7) is 2.07. The van der Waals surface area contributed by atoms with Crippen molar-refractivity contribution in [3.63, 3.8) is 0 Å². The van der Waals surface area contributed by atoms with Crippen molar-refractivity contribution in [1.29, 1.82) is 0 Å². The Bertz CT molecular complexity index is 528. The predicted molar refractivity (Wildman–Crippen MR) is 70.7 cm³/mol. The highest BCUT2D eigenvalue weighted by molar-refractivity contribution is 6.29. The number of nitrogens with one attached hydrogen (secondary N) is 1. The van der Waals surface area contributed by atoms with Crippen molar-refractivity contribution in [3.05, 3.63) is 47.0 Å². The van der Waals surface area contributed by atoms with Crippen molar-refractivity contribution in [3.8, 4) is 0 Å². The van der Waals surface area contributed by atoms with Crippen molar-refractivity contribution in [2.45, 2.75) is 19.8 Å². The van der Waals surface area contributed by atoms with Gasteiger partial charge in [-0.2, -0.15) is 0 Å². The quantitative estimate of drug-likeness (QED) is 0.850. The van der Waals surface area contributed by atoms with Crippen LogP contribution in [-0.2, 0) is 6.42 Å². The molecular weight excluding hydrogens is 253 g/mol. The molecule has 1 N–H and O–H groups in total. The molecule has 1 aromatic heterocycles. The average Bonchev–Trinajstić information content (AvgIpc) is 2.32. The summed E-state index contributed by atoms with van der Waals surface area (Å²) in [7, 11) is 0. The molecule has 0 aliphatic carbocycles. The number of halogens is 2. The molecule has 0 atom stereocenters. The van der Waals surface area contributed by atoms with Gasteiger partial charge in [0.15, 0.2) is 0 Å². The number of rotatable bonds is 4. The second kappa shape index (κ2) is 5.78. The molecule has 0 saturated carbocycles. The molecule has 0 radical (unpaired) electrons. The molecule has 0 saturated heterocycles. The van der Waals surface area contributed by atoms with E-state index in [4.69, 9.17) is 11.6 Å². The monoisotopic (exact) mass is 265 g/mol. The molecular formula is C13H13ClFN3. The summed E-state index contributed by atoms with van der Waals surface area (Å²) in [4.78, 5) is 8.42. The largest absolute Gasteiger partial charge is 0.324 e. The highest BCUT2D eigenvalue weighted by Gasteiger charge is 2.03. The molecule has 2 rings (SSSR count). The first-order chi connectivity index (χ1) is 8.67. The van der Waals surface area contributed by atoms with Gasteiger partial charge in [0.2, 0.25) is 5.95 Å². The van der Waals surface area contributed by atoms with E-state index in [9.17, 15) is 4.39 Å². The van der Waals surface area contributed by atoms with E-state index in [0.717, 1.165) is 24.2 Å². The van der Waals surface area contributed by atoms with Gasteiger partial charge in [0.05, 0.1) is 0 Å². The molecule has 0 spiro atoms. The highest BCUT2D eigenvalue weighted by Crippen LogP contribution is 2.17. The predicted octanol–water partition coefficient (Wildman–Crippen LogP) is 3.97. The summed E-state index contributed by atoms with van der Waals surface area (Å²) < 4.78 is 12.8. The Morgan fingerprint density at radius 3 is 2.61 bits per heavy atom. The van der Waals surface area contributed by atoms with Gasteiger partial charge >= 0.3 is 0 Å². The molecule has 94 valence electrons. The zero-order valence-corrected chi connectivity index (χ0v) is 10.7. The number of anilines is 2. The van der Waals surface area contributed by atoms with Gasteiger partial charge < -0.3 is 5.32 Å². The molecule has 1 aromatic carbocycles. The lowest BCUT2D eigenvalue weighted by Crippen LogP contribution is -2.00. The van der Waals surface area contributed by atoms with Crippen molar-refractivity contribution < 1.29 is 4.39 Å². The minimum absolute atomic E-state index is 0.278. The Labute approximate surface area is 110 Å². The van der Waals surface area contributed by atoms with Crippen LogP contribution in [0.25, 0.3) is 0 Å². The maximum absolute atomic E-state index is 12.8. The second-order valence-corrected chi connectivity index (χ2v) is 4.27. The molecule has 3 nitrogen and oxygen atoms in total. The summed E-state index contributed by atoms with van der Waals surface area (Å²) in [5.41, 5.74) is 1.61. The summed E-state index contributed by atoms with van der Waals surface area (Å²) in [5, 5.41) is 3.40. The van der Waals surface area contributed by atoms with Crippen LogP contribution in [0.5, 0.6) is 0 Å². The van der Waals surface area contributed by atoms with Crippen LogP contribution in [0.3, 0.4) is 0 Å². The smallest absolute Gasteiger partial charge is 0.228 e. The van der Waals surface area contributed by atoms with Crippen LogP contribution >= 0.6 is 11.6 Å². The van der Waals surface area contributed by atoms with Crippen LogP contribution in [0.4, 0.5) is 16.0 Å². The lowest BCUT2D eigenvalue weighted by atomic mass is 10.2. The van der Waals surface area contributed by atoms with E-state index in [-0.39, 0.29) is 5.82 Å². The number of benzene rings is 1. The average molecular weight is 266 g/mol. The van der Waals surface area contributed by atoms with Crippen LogP contribution in [0.2, 0.25) is 5.15 Å². The highest BCUT2D eigenvalue weighted by atomic mass is 35.5. The first-order valence-corrected chi connectivity index (χ1v) is 6.11. The van der Waals surface area contributed by atoms with Gasteiger partial charge in [-0.25, -0.2) is 14.4 Å². The Morgan fingerprint density at radius 1 is 1.22 bits per heavy atom. The molecule has 1 heterocycles. The van der Waals surface area contributed by atoms with Crippen LogP contribution in [0.1, 0.15) is 19.0 Å². The zero-order chi connectivity index (χ0) is 13.0. The fourth-order valence-electron chi connectivity index (χ4n) is 1.57. The third kappa shape index (κ3) is 3.40. The van der Waals surface area contributed by atoms with E-state index in [2.05, 4.69) is 22.2 Å². The standard InChI is InChI=1S/C13H13ClFN3/c1-2-3-11-8-12(14)18-13(17-11)16-10-6-4-9(15)5-7-10/h4-8H,2-3H2,1H3,(H,16,17,18). The van der Waals surface area contributed by atoms with Crippen LogP contribution in [-0.4, -0.2) is 9.97 Å². The van der Waals surface area contributed by atoms with E-state index < -0.39 is 0 Å². The maximum atomic E-state index is 12.8. The fourth-order valence-corrected chi connectivity index (χ4v) is 1.77. The number of aromatic nitrogens is 2. The lowest BCUT2D eigenvalue weighted by molar-refractivity contribution is 0.628. The molecule has 0 amide bonds. The first-order valence-electron chi connectivity index (χ1n) is 5.73. The third-order valence-corrected chi connectivity index (χ3v) is 2.55. The zero-order valence-electron chi connectivity index (χ0n) is 9.95. The Balaban J connectivity index is 2.20. The molecule has 18 heavy (non-hydrogen) atoms. The Hall–Kier alpha value is -1.68. The molecule has 0 aliphatic rings. The van der Waals surface area contributed by atoms with E-state index in [0.29, 0.717) is 11.1 Å². The van der Waals surface area contributed by atoms with E-state index in [1.165, 1.54) is 12.1 Å². The van der Waals surface area contributed by atoms with E-state index in [1.54, 1.807) is 18.2 Å². The SMILES string of the molecule is CCCc1cc(Cl)nc(Nc2ccc(F)cc2)n1. The van der Waals surface area contributed by atoms with Gasteiger partial charge in [-0.05, 0) is 36.8 Å². The number of aryl methyl sites for hydroxylation is 1. The van der Waals surface area contributed by atoms with Crippen molar-refractivity contribution >= 4 is 23.2 Å². The molecule has 0 fully saturated rings. The Morgan fingerprint density at radius 2 is 1.94 bits per heavy atom. The number of nitrogens with zero attached hydrogens (tertiary/aromatic N) is 2. The van der Waals surface area contributed by atoms with E-state index >= 15 is 0 Å². The van der Waals surface area contributed by atoms with Crippen LogP contribution < -0.4 is 5.32 Å². The molecule has 0 aliphatic heterocycles. The molecule has 0 unspecified atom stereocenters. The summed E-state index contributed by atoms with van der Waals surface area (Å²) >= 11 is 5.93. The number of hydrogen-bond acceptors (Lipinski definition) is 3. The van der Waals surface area contributed by atoms with Gasteiger partial charge in [-0.1, -0.05) is 24.9 Å². The lowest BCUT2D eigenvalue weighted by Gasteiger charge is -2.07. The summed E-state index contributed by atoms with van der Waals surface area (Å²) in [6.07, 6.45) is 1.84. The fraction of sp³-hybridized carbons (Fsp3) is 0.231. The van der Waals surface area contributed by atoms with Gasteiger partial charge in [0.25, 0.3) is 0 Å². The van der Waals surface area contributed by atoms with Crippen LogP contribution in [0.15, 0.2) is 30.3 Å². The van der Waals surface area contributed by atoms with Crippen molar-refractivity contribution in [2.24, 2.45) is 0 Å². The van der Waals surface area contributed by atoms with Crippen molar-refractivity contribution in [2.75, 3.05) is 5.32 Å².